The molecule has 1 aliphatic heterocycles. The fourth-order valence-corrected chi connectivity index (χ4v) is 3.62. The van der Waals surface area contributed by atoms with Crippen LogP contribution in [0.4, 0.5) is 10.2 Å². The van der Waals surface area contributed by atoms with E-state index in [9.17, 15) is 12.8 Å². The molecule has 0 amide bonds. The van der Waals surface area contributed by atoms with Crippen LogP contribution in [-0.4, -0.2) is 56.9 Å². The first-order valence-corrected chi connectivity index (χ1v) is 11.2. The summed E-state index contributed by atoms with van der Waals surface area (Å²) in [5.41, 5.74) is 0.964. The predicted molar refractivity (Wildman–Crippen MR) is 120 cm³/mol. The van der Waals surface area contributed by atoms with Gasteiger partial charge in [0.2, 0.25) is 0 Å². The number of hydrogen-bond acceptors (Lipinski definition) is 7. The minimum atomic E-state index is -3.61. The van der Waals surface area contributed by atoms with E-state index < -0.39 is 10.2 Å². The molecule has 0 atom stereocenters. The predicted octanol–water partition coefficient (Wildman–Crippen LogP) is 1.48. The van der Waals surface area contributed by atoms with Crippen LogP contribution in [0.5, 0.6) is 0 Å². The molecule has 1 aliphatic rings. The van der Waals surface area contributed by atoms with Crippen molar-refractivity contribution in [2.24, 2.45) is 9.98 Å². The van der Waals surface area contributed by atoms with Crippen LogP contribution in [0.25, 0.3) is 0 Å². The molecule has 2 heterocycles. The quantitative estimate of drug-likeness (QED) is 0.552. The van der Waals surface area contributed by atoms with E-state index in [-0.39, 0.29) is 24.1 Å². The SMILES string of the molecule is CCO.CN=C1NS(=O)(=O)NC1=NCCCN(Cc1ccc(F)cc1)c1ccccn1. The van der Waals surface area contributed by atoms with Gasteiger partial charge in [0.05, 0.1) is 0 Å². The summed E-state index contributed by atoms with van der Waals surface area (Å²) in [6.45, 7) is 3.55. The molecule has 0 bridgehead atoms. The lowest BCUT2D eigenvalue weighted by Crippen LogP contribution is -2.26. The Balaban J connectivity index is 0.00000107. The number of aromatic nitrogens is 1. The van der Waals surface area contributed by atoms with Crippen molar-refractivity contribution in [3.8, 4) is 0 Å². The number of aliphatic imine (C=N–C) groups is 2. The second-order valence-corrected chi connectivity index (χ2v) is 7.83. The smallest absolute Gasteiger partial charge is 0.324 e. The molecule has 3 N–H and O–H groups in total. The van der Waals surface area contributed by atoms with Crippen molar-refractivity contribution >= 4 is 27.7 Å². The summed E-state index contributed by atoms with van der Waals surface area (Å²) < 4.78 is 40.8. The minimum Gasteiger partial charge on any atom is -0.397 e. The summed E-state index contributed by atoms with van der Waals surface area (Å²) in [6.07, 6.45) is 2.39. The zero-order valence-electron chi connectivity index (χ0n) is 17.5. The maximum Gasteiger partial charge on any atom is 0.324 e. The Kier molecular flexibility index (Phi) is 9.35. The molecule has 0 aliphatic carbocycles. The fourth-order valence-electron chi connectivity index (χ4n) is 2.71. The van der Waals surface area contributed by atoms with E-state index in [4.69, 9.17) is 5.11 Å². The maximum atomic E-state index is 13.2. The van der Waals surface area contributed by atoms with E-state index in [1.54, 1.807) is 25.3 Å². The van der Waals surface area contributed by atoms with Crippen LogP contribution in [0.2, 0.25) is 0 Å². The van der Waals surface area contributed by atoms with Crippen LogP contribution in [0.1, 0.15) is 18.9 Å². The van der Waals surface area contributed by atoms with Crippen LogP contribution >= 0.6 is 0 Å². The molecule has 1 saturated heterocycles. The van der Waals surface area contributed by atoms with Gasteiger partial charge < -0.3 is 10.0 Å². The minimum absolute atomic E-state index is 0.202. The highest BCUT2D eigenvalue weighted by molar-refractivity contribution is 7.89. The average molecular weight is 451 g/mol. The molecule has 0 spiro atoms. The zero-order valence-corrected chi connectivity index (χ0v) is 18.3. The molecule has 1 aromatic carbocycles. The molecule has 0 radical (unpaired) electrons. The Hall–Kier alpha value is -3.05. The van der Waals surface area contributed by atoms with Crippen molar-refractivity contribution in [2.45, 2.75) is 19.9 Å². The Morgan fingerprint density at radius 3 is 2.42 bits per heavy atom. The number of anilines is 1. The highest BCUT2D eigenvalue weighted by Crippen LogP contribution is 2.15. The number of aliphatic hydroxyl groups is 1. The van der Waals surface area contributed by atoms with E-state index in [1.165, 1.54) is 19.2 Å². The molecule has 1 aromatic heterocycles. The van der Waals surface area contributed by atoms with Gasteiger partial charge in [0.25, 0.3) is 0 Å². The third-order valence-electron chi connectivity index (χ3n) is 4.03. The van der Waals surface area contributed by atoms with Crippen LogP contribution in [0.15, 0.2) is 58.6 Å². The van der Waals surface area contributed by atoms with E-state index >= 15 is 0 Å². The Labute approximate surface area is 181 Å². The summed E-state index contributed by atoms with van der Waals surface area (Å²) in [7, 11) is -2.12. The molecule has 1 fully saturated rings. The summed E-state index contributed by atoms with van der Waals surface area (Å²) in [4.78, 5) is 14.6. The number of aliphatic hydroxyl groups excluding tert-OH is 1. The highest BCUT2D eigenvalue weighted by Gasteiger charge is 2.27. The van der Waals surface area contributed by atoms with Gasteiger partial charge >= 0.3 is 10.2 Å². The molecule has 0 unspecified atom stereocenters. The summed E-state index contributed by atoms with van der Waals surface area (Å²) in [6, 6.07) is 12.0. The van der Waals surface area contributed by atoms with Gasteiger partial charge in [-0.3, -0.25) is 9.98 Å². The number of amidine groups is 2. The lowest BCUT2D eigenvalue weighted by Gasteiger charge is -2.23. The van der Waals surface area contributed by atoms with Crippen molar-refractivity contribution in [1.82, 2.24) is 14.4 Å². The van der Waals surface area contributed by atoms with E-state index in [1.807, 2.05) is 18.2 Å². The zero-order chi connectivity index (χ0) is 22.7. The van der Waals surface area contributed by atoms with Gasteiger partial charge in [-0.15, -0.1) is 0 Å². The van der Waals surface area contributed by atoms with Crippen LogP contribution in [0, 0.1) is 5.82 Å². The van der Waals surface area contributed by atoms with Crippen molar-refractivity contribution in [3.63, 3.8) is 0 Å². The molecule has 9 nitrogen and oxygen atoms in total. The molecular formula is C20H27FN6O3S. The molecule has 31 heavy (non-hydrogen) atoms. The van der Waals surface area contributed by atoms with Crippen LogP contribution < -0.4 is 14.3 Å². The molecule has 0 saturated carbocycles. The lowest BCUT2D eigenvalue weighted by atomic mass is 10.2. The van der Waals surface area contributed by atoms with Crippen molar-refractivity contribution < 1.29 is 17.9 Å². The van der Waals surface area contributed by atoms with Gasteiger partial charge in [0.1, 0.15) is 11.6 Å². The van der Waals surface area contributed by atoms with Crippen LogP contribution in [0.3, 0.4) is 0 Å². The monoisotopic (exact) mass is 450 g/mol. The van der Waals surface area contributed by atoms with Crippen LogP contribution in [-0.2, 0) is 16.8 Å². The average Bonchev–Trinajstić information content (AvgIpc) is 3.06. The van der Waals surface area contributed by atoms with Crippen molar-refractivity contribution in [1.29, 1.82) is 0 Å². The number of nitrogens with zero attached hydrogens (tertiary/aromatic N) is 4. The Bertz CT molecular complexity index is 982. The fraction of sp³-hybridized carbons (Fsp3) is 0.350. The molecule has 2 aromatic rings. The molecular weight excluding hydrogens is 423 g/mol. The van der Waals surface area contributed by atoms with Crippen molar-refractivity contribution in [3.05, 3.63) is 60.0 Å². The second kappa shape index (κ2) is 12.0. The van der Waals surface area contributed by atoms with E-state index in [0.29, 0.717) is 26.1 Å². The Morgan fingerprint density at radius 1 is 1.13 bits per heavy atom. The van der Waals surface area contributed by atoms with E-state index in [2.05, 4.69) is 29.3 Å². The van der Waals surface area contributed by atoms with Gasteiger partial charge in [-0.1, -0.05) is 18.2 Å². The number of rotatable bonds is 7. The van der Waals surface area contributed by atoms with Gasteiger partial charge in [-0.2, -0.15) is 8.42 Å². The van der Waals surface area contributed by atoms with Gasteiger partial charge in [-0.25, -0.2) is 18.8 Å². The number of benzene rings is 1. The van der Waals surface area contributed by atoms with Crippen molar-refractivity contribution in [2.75, 3.05) is 31.6 Å². The number of hydrogen-bond donors (Lipinski definition) is 3. The number of halogens is 1. The Morgan fingerprint density at radius 2 is 1.81 bits per heavy atom. The molecule has 11 heteroatoms. The van der Waals surface area contributed by atoms with Gasteiger partial charge in [0, 0.05) is 39.5 Å². The standard InChI is InChI=1S/C18H21FN6O2S.C2H6O/c1-20-17-18(24-28(26,27)23-17)22-11-4-12-25(16-5-2-3-10-21-16)13-14-6-8-15(19)9-7-14;1-2-3/h2-3,5-10H,4,11-13H2,1H3,(H,20,23)(H,22,24);3H,2H2,1H3. The number of pyridine rings is 1. The third kappa shape index (κ3) is 7.95. The second-order valence-electron chi connectivity index (χ2n) is 6.42. The van der Waals surface area contributed by atoms with Gasteiger partial charge in [-0.05, 0) is 43.2 Å². The van der Waals surface area contributed by atoms with Gasteiger partial charge in [0.15, 0.2) is 11.7 Å². The summed E-state index contributed by atoms with van der Waals surface area (Å²) in [5.74, 6) is 0.946. The largest absolute Gasteiger partial charge is 0.397 e. The molecule has 3 rings (SSSR count). The first-order chi connectivity index (χ1) is 14.9. The number of nitrogens with one attached hydrogen (secondary N) is 2. The van der Waals surface area contributed by atoms with E-state index in [0.717, 1.165) is 11.4 Å². The topological polar surface area (TPSA) is 119 Å². The first kappa shape index (κ1) is 24.2. The normalized spacial score (nSPS) is 16.9. The third-order valence-corrected chi connectivity index (χ3v) is 4.95. The molecule has 168 valence electrons. The lowest BCUT2D eigenvalue weighted by molar-refractivity contribution is 0.318. The summed E-state index contributed by atoms with van der Waals surface area (Å²) in [5, 5.41) is 7.57. The summed E-state index contributed by atoms with van der Waals surface area (Å²) >= 11 is 0. The highest BCUT2D eigenvalue weighted by atomic mass is 32.2. The maximum absolute atomic E-state index is 13.2. The first-order valence-electron chi connectivity index (χ1n) is 9.72.